The molecule has 21 heavy (non-hydrogen) atoms. The predicted molar refractivity (Wildman–Crippen MR) is 79.0 cm³/mol. The fourth-order valence-electron chi connectivity index (χ4n) is 1.92. The van der Waals surface area contributed by atoms with E-state index >= 15 is 0 Å². The van der Waals surface area contributed by atoms with Crippen molar-refractivity contribution < 1.29 is 5.11 Å². The molecule has 2 aromatic heterocycles. The van der Waals surface area contributed by atoms with Gasteiger partial charge in [0.1, 0.15) is 11.6 Å². The molecule has 0 atom stereocenters. The van der Waals surface area contributed by atoms with Crippen molar-refractivity contribution in [3.05, 3.63) is 42.7 Å². The van der Waals surface area contributed by atoms with Crippen molar-refractivity contribution in [3.8, 4) is 28.4 Å². The molecule has 7 heteroatoms. The SMILES string of the molecule is Nc1ccnc(-c2ccc(O)c(-c3ccnc(N)n3)c2)n1. The van der Waals surface area contributed by atoms with Crippen LogP contribution in [0, 0.1) is 0 Å². The molecule has 0 aliphatic rings. The summed E-state index contributed by atoms with van der Waals surface area (Å²) in [4.78, 5) is 16.2. The molecule has 7 nitrogen and oxygen atoms in total. The van der Waals surface area contributed by atoms with Crippen LogP contribution in [0.4, 0.5) is 11.8 Å². The van der Waals surface area contributed by atoms with Crippen LogP contribution in [0.15, 0.2) is 42.7 Å². The van der Waals surface area contributed by atoms with Crippen molar-refractivity contribution in [3.63, 3.8) is 0 Å². The topological polar surface area (TPSA) is 124 Å². The van der Waals surface area contributed by atoms with Crippen molar-refractivity contribution in [2.75, 3.05) is 11.5 Å². The van der Waals surface area contributed by atoms with Gasteiger partial charge < -0.3 is 16.6 Å². The maximum Gasteiger partial charge on any atom is 0.220 e. The van der Waals surface area contributed by atoms with E-state index in [-0.39, 0.29) is 11.7 Å². The van der Waals surface area contributed by atoms with Gasteiger partial charge in [-0.25, -0.2) is 19.9 Å². The van der Waals surface area contributed by atoms with E-state index in [0.717, 1.165) is 0 Å². The number of phenols is 1. The average molecular weight is 280 g/mol. The monoisotopic (exact) mass is 280 g/mol. The lowest BCUT2D eigenvalue weighted by Gasteiger charge is -2.07. The van der Waals surface area contributed by atoms with E-state index in [0.29, 0.717) is 28.5 Å². The molecule has 1 aromatic carbocycles. The Balaban J connectivity index is 2.12. The zero-order chi connectivity index (χ0) is 14.8. The van der Waals surface area contributed by atoms with E-state index in [1.54, 1.807) is 36.5 Å². The molecule has 0 spiro atoms. The summed E-state index contributed by atoms with van der Waals surface area (Å²) in [5.74, 6) is 1.07. The summed E-state index contributed by atoms with van der Waals surface area (Å²) in [5, 5.41) is 10.0. The number of phenolic OH excluding ortho intramolecular Hbond substituents is 1. The molecule has 0 bridgehead atoms. The molecule has 2 heterocycles. The Hall–Kier alpha value is -3.22. The van der Waals surface area contributed by atoms with Crippen LogP contribution in [0.25, 0.3) is 22.6 Å². The Kier molecular flexibility index (Phi) is 3.07. The highest BCUT2D eigenvalue weighted by Gasteiger charge is 2.10. The Morgan fingerprint density at radius 1 is 0.905 bits per heavy atom. The number of hydrogen-bond acceptors (Lipinski definition) is 7. The first kappa shape index (κ1) is 12.8. The van der Waals surface area contributed by atoms with Crippen LogP contribution in [0.2, 0.25) is 0 Å². The van der Waals surface area contributed by atoms with Crippen molar-refractivity contribution in [1.82, 2.24) is 19.9 Å². The quantitative estimate of drug-likeness (QED) is 0.649. The third-order valence-electron chi connectivity index (χ3n) is 2.88. The van der Waals surface area contributed by atoms with Gasteiger partial charge in [0, 0.05) is 23.5 Å². The Morgan fingerprint density at radius 2 is 1.71 bits per heavy atom. The molecule has 0 amide bonds. The summed E-state index contributed by atoms with van der Waals surface area (Å²) in [6, 6.07) is 8.25. The van der Waals surface area contributed by atoms with Gasteiger partial charge in [-0.05, 0) is 30.3 Å². The summed E-state index contributed by atoms with van der Waals surface area (Å²) in [6.45, 7) is 0. The first-order chi connectivity index (χ1) is 10.1. The fourth-order valence-corrected chi connectivity index (χ4v) is 1.92. The minimum Gasteiger partial charge on any atom is -0.507 e. The zero-order valence-electron chi connectivity index (χ0n) is 10.9. The molecule has 3 rings (SSSR count). The molecule has 0 saturated carbocycles. The molecule has 0 aliphatic heterocycles. The molecule has 0 radical (unpaired) electrons. The van der Waals surface area contributed by atoms with Crippen LogP contribution < -0.4 is 11.5 Å². The number of aromatic nitrogens is 4. The lowest BCUT2D eigenvalue weighted by atomic mass is 10.1. The number of aromatic hydroxyl groups is 1. The fraction of sp³-hybridized carbons (Fsp3) is 0. The van der Waals surface area contributed by atoms with Crippen LogP contribution in [-0.2, 0) is 0 Å². The van der Waals surface area contributed by atoms with Gasteiger partial charge in [-0.1, -0.05) is 0 Å². The third-order valence-corrected chi connectivity index (χ3v) is 2.88. The van der Waals surface area contributed by atoms with Gasteiger partial charge in [0.15, 0.2) is 5.82 Å². The zero-order valence-corrected chi connectivity index (χ0v) is 10.9. The maximum absolute atomic E-state index is 10.0. The summed E-state index contributed by atoms with van der Waals surface area (Å²) < 4.78 is 0. The normalized spacial score (nSPS) is 10.5. The lowest BCUT2D eigenvalue weighted by molar-refractivity contribution is 0.477. The number of hydrogen-bond donors (Lipinski definition) is 3. The maximum atomic E-state index is 10.0. The summed E-state index contributed by atoms with van der Waals surface area (Å²) in [5.41, 5.74) is 13.0. The van der Waals surface area contributed by atoms with Crippen LogP contribution in [-0.4, -0.2) is 25.0 Å². The van der Waals surface area contributed by atoms with Crippen LogP contribution in [0.1, 0.15) is 0 Å². The van der Waals surface area contributed by atoms with E-state index in [4.69, 9.17) is 11.5 Å². The molecule has 5 N–H and O–H groups in total. The first-order valence-corrected chi connectivity index (χ1v) is 6.14. The number of nitrogen functional groups attached to an aromatic ring is 2. The highest BCUT2D eigenvalue weighted by Crippen LogP contribution is 2.31. The summed E-state index contributed by atoms with van der Waals surface area (Å²) in [7, 11) is 0. The van der Waals surface area contributed by atoms with Crippen LogP contribution in [0.5, 0.6) is 5.75 Å². The van der Waals surface area contributed by atoms with Crippen molar-refractivity contribution in [1.29, 1.82) is 0 Å². The standard InChI is InChI=1S/C14H12N6O/c15-12-4-6-17-13(20-12)8-1-2-11(21)9(7-8)10-3-5-18-14(16)19-10/h1-7,21H,(H2,15,17,20)(H2,16,18,19). The first-order valence-electron chi connectivity index (χ1n) is 6.14. The Morgan fingerprint density at radius 3 is 2.48 bits per heavy atom. The van der Waals surface area contributed by atoms with Gasteiger partial charge in [-0.2, -0.15) is 0 Å². The second-order valence-electron chi connectivity index (χ2n) is 4.34. The Bertz CT molecular complexity index is 805. The number of rotatable bonds is 2. The molecule has 0 saturated heterocycles. The average Bonchev–Trinajstić information content (AvgIpc) is 2.47. The third kappa shape index (κ3) is 2.57. The number of nitrogens with two attached hydrogens (primary N) is 2. The van der Waals surface area contributed by atoms with Crippen molar-refractivity contribution in [2.24, 2.45) is 0 Å². The number of nitrogens with zero attached hydrogens (tertiary/aromatic N) is 4. The summed E-state index contributed by atoms with van der Waals surface area (Å²) >= 11 is 0. The van der Waals surface area contributed by atoms with Gasteiger partial charge in [0.25, 0.3) is 0 Å². The highest BCUT2D eigenvalue weighted by molar-refractivity contribution is 5.73. The number of benzene rings is 1. The molecule has 3 aromatic rings. The van der Waals surface area contributed by atoms with Gasteiger partial charge in [-0.15, -0.1) is 0 Å². The van der Waals surface area contributed by atoms with Gasteiger partial charge in [0.2, 0.25) is 5.95 Å². The van der Waals surface area contributed by atoms with E-state index < -0.39 is 0 Å². The molecule has 0 aliphatic carbocycles. The van der Waals surface area contributed by atoms with Crippen LogP contribution >= 0.6 is 0 Å². The molecule has 0 fully saturated rings. The molecular weight excluding hydrogens is 268 g/mol. The van der Waals surface area contributed by atoms with E-state index in [1.807, 2.05) is 0 Å². The largest absolute Gasteiger partial charge is 0.507 e. The minimum atomic E-state index is 0.0840. The molecule has 104 valence electrons. The van der Waals surface area contributed by atoms with Gasteiger partial charge in [0.05, 0.1) is 5.69 Å². The summed E-state index contributed by atoms with van der Waals surface area (Å²) in [6.07, 6.45) is 3.10. The Labute approximate surface area is 120 Å². The van der Waals surface area contributed by atoms with Crippen LogP contribution in [0.3, 0.4) is 0 Å². The highest BCUT2D eigenvalue weighted by atomic mass is 16.3. The van der Waals surface area contributed by atoms with Gasteiger partial charge >= 0.3 is 0 Å². The second-order valence-corrected chi connectivity index (χ2v) is 4.34. The number of anilines is 2. The van der Waals surface area contributed by atoms with Gasteiger partial charge in [-0.3, -0.25) is 0 Å². The van der Waals surface area contributed by atoms with E-state index in [2.05, 4.69) is 19.9 Å². The second kappa shape index (κ2) is 5.04. The van der Waals surface area contributed by atoms with Crippen molar-refractivity contribution in [2.45, 2.75) is 0 Å². The minimum absolute atomic E-state index is 0.0840. The molecular formula is C14H12N6O. The smallest absolute Gasteiger partial charge is 0.220 e. The van der Waals surface area contributed by atoms with E-state index in [9.17, 15) is 5.11 Å². The predicted octanol–water partition coefficient (Wildman–Crippen LogP) is 1.47. The van der Waals surface area contributed by atoms with Crippen molar-refractivity contribution >= 4 is 11.8 Å². The van der Waals surface area contributed by atoms with E-state index in [1.165, 1.54) is 6.20 Å². The molecule has 0 unspecified atom stereocenters. The lowest BCUT2D eigenvalue weighted by Crippen LogP contribution is -1.97.